The number of anilines is 1. The maximum atomic E-state index is 12.8. The zero-order valence-corrected chi connectivity index (χ0v) is 17.2. The minimum atomic E-state index is 0.129. The first-order valence-electron chi connectivity index (χ1n) is 9.92. The first kappa shape index (κ1) is 18.6. The Morgan fingerprint density at radius 1 is 1.19 bits per heavy atom. The predicted octanol–water partition coefficient (Wildman–Crippen LogP) is 3.20. The summed E-state index contributed by atoms with van der Waals surface area (Å²) in [6.45, 7) is 11.0. The van der Waals surface area contributed by atoms with Crippen LogP contribution in [0.25, 0.3) is 10.9 Å². The molecule has 2 fully saturated rings. The lowest BCUT2D eigenvalue weighted by atomic mass is 9.95. The minimum absolute atomic E-state index is 0.129. The van der Waals surface area contributed by atoms with Gasteiger partial charge in [0, 0.05) is 48.3 Å². The Kier molecular flexibility index (Phi) is 5.32. The molecule has 146 valence electrons. The van der Waals surface area contributed by atoms with E-state index >= 15 is 0 Å². The maximum Gasteiger partial charge on any atom is 0.225 e. The average Bonchev–Trinajstić information content (AvgIpc) is 3.08. The molecule has 2 aliphatic rings. The Labute approximate surface area is 164 Å². The first-order valence-corrected chi connectivity index (χ1v) is 10.8. The van der Waals surface area contributed by atoms with Gasteiger partial charge in [0.2, 0.25) is 5.91 Å². The van der Waals surface area contributed by atoms with Crippen molar-refractivity contribution in [2.75, 3.05) is 44.3 Å². The summed E-state index contributed by atoms with van der Waals surface area (Å²) in [6, 6.07) is 0. The molecule has 2 saturated heterocycles. The number of morpholine rings is 1. The Morgan fingerprint density at radius 2 is 1.89 bits per heavy atom. The van der Waals surface area contributed by atoms with Gasteiger partial charge in [-0.15, -0.1) is 11.3 Å². The first-order chi connectivity index (χ1) is 13.0. The second kappa shape index (κ2) is 7.72. The normalized spacial score (nSPS) is 19.3. The third kappa shape index (κ3) is 3.67. The van der Waals surface area contributed by atoms with Gasteiger partial charge in [-0.05, 0) is 19.8 Å². The molecule has 0 aliphatic carbocycles. The van der Waals surface area contributed by atoms with Crippen LogP contribution in [0.4, 0.5) is 5.82 Å². The van der Waals surface area contributed by atoms with Gasteiger partial charge in [-0.3, -0.25) is 4.79 Å². The molecule has 6 nitrogen and oxygen atoms in total. The van der Waals surface area contributed by atoms with Crippen molar-refractivity contribution in [3.63, 3.8) is 0 Å². The van der Waals surface area contributed by atoms with Crippen molar-refractivity contribution < 1.29 is 9.53 Å². The summed E-state index contributed by atoms with van der Waals surface area (Å²) in [5, 5.41) is 3.32. The lowest BCUT2D eigenvalue weighted by Gasteiger charge is -2.36. The van der Waals surface area contributed by atoms with E-state index in [4.69, 9.17) is 14.7 Å². The molecule has 7 heteroatoms. The molecule has 4 rings (SSSR count). The summed E-state index contributed by atoms with van der Waals surface area (Å²) in [6.07, 6.45) is 1.78. The Hall–Kier alpha value is -1.73. The summed E-state index contributed by atoms with van der Waals surface area (Å²) in [4.78, 5) is 28.1. The topological polar surface area (TPSA) is 58.6 Å². The van der Waals surface area contributed by atoms with Crippen molar-refractivity contribution in [2.24, 2.45) is 5.92 Å². The fourth-order valence-electron chi connectivity index (χ4n) is 3.98. The van der Waals surface area contributed by atoms with Crippen molar-refractivity contribution in [2.45, 2.75) is 39.5 Å². The molecule has 0 unspecified atom stereocenters. The number of aryl methyl sites for hydroxylation is 1. The molecule has 0 saturated carbocycles. The molecule has 4 heterocycles. The van der Waals surface area contributed by atoms with E-state index in [1.807, 2.05) is 4.90 Å². The fraction of sp³-hybridized carbons (Fsp3) is 0.650. The highest BCUT2D eigenvalue weighted by Crippen LogP contribution is 2.34. The van der Waals surface area contributed by atoms with Crippen LogP contribution >= 0.6 is 11.3 Å². The number of carbonyl (C=O) groups excluding carboxylic acids is 1. The monoisotopic (exact) mass is 388 g/mol. The number of ether oxygens (including phenoxy) is 1. The maximum absolute atomic E-state index is 12.8. The summed E-state index contributed by atoms with van der Waals surface area (Å²) in [7, 11) is 0. The highest BCUT2D eigenvalue weighted by atomic mass is 32.1. The molecule has 0 aromatic carbocycles. The van der Waals surface area contributed by atoms with Crippen LogP contribution in [0, 0.1) is 12.8 Å². The number of nitrogens with zero attached hydrogens (tertiary/aromatic N) is 4. The molecule has 0 radical (unpaired) electrons. The van der Waals surface area contributed by atoms with Gasteiger partial charge in [0.25, 0.3) is 0 Å². The van der Waals surface area contributed by atoms with E-state index in [9.17, 15) is 4.79 Å². The van der Waals surface area contributed by atoms with Crippen molar-refractivity contribution in [1.82, 2.24) is 14.9 Å². The van der Waals surface area contributed by atoms with Crippen LogP contribution < -0.4 is 4.90 Å². The van der Waals surface area contributed by atoms with E-state index in [0.717, 1.165) is 56.2 Å². The smallest absolute Gasteiger partial charge is 0.225 e. The molecule has 2 aromatic rings. The summed E-state index contributed by atoms with van der Waals surface area (Å²) >= 11 is 1.74. The van der Waals surface area contributed by atoms with E-state index < -0.39 is 0 Å². The van der Waals surface area contributed by atoms with Gasteiger partial charge in [-0.25, -0.2) is 9.97 Å². The number of rotatable bonds is 3. The van der Waals surface area contributed by atoms with Crippen molar-refractivity contribution in [3.8, 4) is 0 Å². The number of fused-ring (bicyclic) bond motifs is 1. The summed E-state index contributed by atoms with van der Waals surface area (Å²) in [5.41, 5.74) is 1.05. The van der Waals surface area contributed by atoms with Crippen LogP contribution in [0.15, 0.2) is 5.38 Å². The summed E-state index contributed by atoms with van der Waals surface area (Å²) in [5.74, 6) is 2.69. The third-order valence-electron chi connectivity index (χ3n) is 5.62. The van der Waals surface area contributed by atoms with Crippen LogP contribution in [-0.2, 0) is 9.53 Å². The SMILES string of the molecule is Cc1scc2nc(C(C)C)nc(N3CCC(C(=O)N4CCOCC4)CC3)c12. The number of carbonyl (C=O) groups is 1. The Bertz CT molecular complexity index is 821. The number of amides is 1. The van der Waals surface area contributed by atoms with Gasteiger partial charge < -0.3 is 14.5 Å². The molecule has 0 atom stereocenters. The van der Waals surface area contributed by atoms with Crippen molar-refractivity contribution in [3.05, 3.63) is 16.1 Å². The van der Waals surface area contributed by atoms with Gasteiger partial charge in [-0.1, -0.05) is 13.8 Å². The highest BCUT2D eigenvalue weighted by Gasteiger charge is 2.31. The van der Waals surface area contributed by atoms with Gasteiger partial charge in [0.05, 0.1) is 24.1 Å². The molecule has 2 aliphatic heterocycles. The van der Waals surface area contributed by atoms with Crippen LogP contribution in [-0.4, -0.2) is 60.2 Å². The Morgan fingerprint density at radius 3 is 2.56 bits per heavy atom. The van der Waals surface area contributed by atoms with Crippen LogP contribution in [0.1, 0.15) is 43.3 Å². The van der Waals surface area contributed by atoms with Gasteiger partial charge >= 0.3 is 0 Å². The lowest BCUT2D eigenvalue weighted by molar-refractivity contribution is -0.140. The molecule has 2 aromatic heterocycles. The molecular formula is C20H28N4O2S. The van der Waals surface area contributed by atoms with E-state index in [1.165, 1.54) is 10.3 Å². The quantitative estimate of drug-likeness (QED) is 0.808. The van der Waals surface area contributed by atoms with Crippen LogP contribution in [0.2, 0.25) is 0 Å². The fourth-order valence-corrected chi connectivity index (χ4v) is 4.75. The lowest BCUT2D eigenvalue weighted by Crippen LogP contribution is -2.47. The summed E-state index contributed by atoms with van der Waals surface area (Å²) < 4.78 is 5.37. The third-order valence-corrected chi connectivity index (χ3v) is 6.52. The van der Waals surface area contributed by atoms with Crippen LogP contribution in [0.3, 0.4) is 0 Å². The zero-order valence-electron chi connectivity index (χ0n) is 16.4. The number of thiophene rings is 1. The number of hydrogen-bond donors (Lipinski definition) is 0. The molecule has 27 heavy (non-hydrogen) atoms. The second-order valence-corrected chi connectivity index (χ2v) is 8.89. The van der Waals surface area contributed by atoms with Gasteiger partial charge in [0.1, 0.15) is 11.6 Å². The number of hydrogen-bond acceptors (Lipinski definition) is 6. The average molecular weight is 389 g/mol. The molecule has 0 bridgehead atoms. The van der Waals surface area contributed by atoms with Gasteiger partial charge in [0.15, 0.2) is 0 Å². The predicted molar refractivity (Wildman–Crippen MR) is 109 cm³/mol. The molecular weight excluding hydrogens is 360 g/mol. The van der Waals surface area contributed by atoms with E-state index in [1.54, 1.807) is 11.3 Å². The van der Waals surface area contributed by atoms with E-state index in [-0.39, 0.29) is 5.92 Å². The second-order valence-electron chi connectivity index (χ2n) is 7.81. The Balaban J connectivity index is 1.52. The standard InChI is InChI=1S/C20H28N4O2S/c1-13(2)18-21-16-12-27-14(3)17(16)19(22-18)23-6-4-15(5-7-23)20(25)24-8-10-26-11-9-24/h12-13,15H,4-11H2,1-3H3. The number of piperidine rings is 1. The molecule has 0 N–H and O–H groups in total. The zero-order chi connectivity index (χ0) is 19.0. The molecule has 1 amide bonds. The van der Waals surface area contributed by atoms with Crippen molar-refractivity contribution in [1.29, 1.82) is 0 Å². The number of aromatic nitrogens is 2. The highest BCUT2D eigenvalue weighted by molar-refractivity contribution is 7.11. The van der Waals surface area contributed by atoms with Crippen LogP contribution in [0.5, 0.6) is 0 Å². The van der Waals surface area contributed by atoms with E-state index in [2.05, 4.69) is 31.1 Å². The molecule has 0 spiro atoms. The van der Waals surface area contributed by atoms with Gasteiger partial charge in [-0.2, -0.15) is 0 Å². The van der Waals surface area contributed by atoms with Crippen molar-refractivity contribution >= 4 is 34.0 Å². The largest absolute Gasteiger partial charge is 0.378 e. The van der Waals surface area contributed by atoms with E-state index in [0.29, 0.717) is 25.0 Å². The minimum Gasteiger partial charge on any atom is -0.378 e.